The third kappa shape index (κ3) is 33.4. The van der Waals surface area contributed by atoms with Gasteiger partial charge in [0.25, 0.3) is 11.4 Å². The van der Waals surface area contributed by atoms with Crippen molar-refractivity contribution in [3.63, 3.8) is 0 Å². The smallest absolute Gasteiger partial charge is 0.414 e. The number of nitro benzene ring substituents is 3. The van der Waals surface area contributed by atoms with Gasteiger partial charge < -0.3 is 35.7 Å². The number of nitrogens with two attached hydrogens (primary N) is 2. The lowest BCUT2D eigenvalue weighted by Crippen LogP contribution is -2.34. The molecule has 116 heavy (non-hydrogen) atoms. The largest absolute Gasteiger partial charge is 0.443 e. The molecule has 0 spiro atoms. The molecule has 1 aliphatic rings. The molecule has 4 amide bonds. The third-order valence-corrected chi connectivity index (χ3v) is 16.9. The minimum absolute atomic E-state index is 0.0295. The van der Waals surface area contributed by atoms with Crippen molar-refractivity contribution in [2.75, 3.05) is 72.9 Å². The van der Waals surface area contributed by atoms with Gasteiger partial charge in [-0.3, -0.25) is 59.9 Å². The van der Waals surface area contributed by atoms with Crippen LogP contribution in [-0.2, 0) is 31.8 Å². The normalized spacial score (nSPS) is 10.8. The second kappa shape index (κ2) is 45.6. The molecule has 0 fully saturated rings. The molecule has 0 atom stereocenters. The number of carbonyl (C=O) groups excluding carboxylic acids is 4. The Balaban J connectivity index is 0.000000357. The molecule has 3 heterocycles. The molecule has 0 saturated carbocycles. The van der Waals surface area contributed by atoms with Crippen LogP contribution in [-0.4, -0.2) is 119 Å². The minimum atomic E-state index is -0.914. The standard InChI is InChI=1S/C18H20Cl2N2O2.C18H19ClN2O2.C12H15ClN2O4.C12H17ClN2O2.C7H7ClN2O2.C6H3ClFNO2.C5H3Cl2N.CH5N/c1-18(2,3)24-17(23)22(4)16-11-13(19)8-7-12(16)10-15-14(20)6-5-9-21-15;1-18(2,3)23-17(22)21(4)16-9-11(19)8-13-12-6-5-7-20-15(12)10-14(13)16;1-12(2,3)19-11(16)14(4)10-7-8(13)5-6-9(10)15(17)18;1-12(2,3)17-11(16)15(4)10-7-8(13)5-6-9(10)14;1-9-6-4-5(8)2-3-7(6)10(11)12;7-4-1-2-6(9(10)11)5(8)3-4;6-4-2-1-3-8-5(4)7;1-2/h5-9,11H,10H2,1-4H3;5-9H,10H2,1-4H3;5-7H,1-4H3;5-7H,14H2,1-4H3;2-4,9H,1H3;1-3H;1-3H;2H2,1H3. The Bertz CT molecular complexity index is 4890. The number of nitro groups is 3. The number of fused-ring (bicyclic) bond motifs is 3. The van der Waals surface area contributed by atoms with Crippen molar-refractivity contribution in [2.45, 2.75) is 118 Å². The summed E-state index contributed by atoms with van der Waals surface area (Å²) in [4.78, 5) is 95.8. The summed E-state index contributed by atoms with van der Waals surface area (Å²) in [5, 5.41) is 38.1. The molecule has 27 nitrogen and oxygen atoms in total. The fourth-order valence-corrected chi connectivity index (χ4v) is 10.8. The number of benzene rings is 6. The Morgan fingerprint density at radius 2 is 0.836 bits per heavy atom. The number of rotatable bonds is 10. The van der Waals surface area contributed by atoms with Crippen molar-refractivity contribution in [1.82, 2.24) is 15.0 Å². The first-order chi connectivity index (χ1) is 53.8. The molecule has 9 aromatic rings. The van der Waals surface area contributed by atoms with E-state index in [4.69, 9.17) is 129 Å². The lowest BCUT2D eigenvalue weighted by Gasteiger charge is -2.26. The van der Waals surface area contributed by atoms with Crippen LogP contribution in [0.2, 0.25) is 45.3 Å². The summed E-state index contributed by atoms with van der Waals surface area (Å²) in [6.07, 6.45) is 4.24. The first kappa shape index (κ1) is 100. The van der Waals surface area contributed by atoms with E-state index in [0.717, 1.165) is 56.4 Å². The lowest BCUT2D eigenvalue weighted by atomic mass is 10.0. The number of anilines is 6. The second-order valence-electron chi connectivity index (χ2n) is 28.1. The van der Waals surface area contributed by atoms with Gasteiger partial charge >= 0.3 is 30.1 Å². The van der Waals surface area contributed by atoms with Crippen molar-refractivity contribution in [1.29, 1.82) is 0 Å². The zero-order valence-corrected chi connectivity index (χ0v) is 73.4. The van der Waals surface area contributed by atoms with Crippen LogP contribution in [0, 0.1) is 36.2 Å². The van der Waals surface area contributed by atoms with Crippen LogP contribution in [0.5, 0.6) is 0 Å². The summed E-state index contributed by atoms with van der Waals surface area (Å²) in [5.74, 6) is -0.914. The van der Waals surface area contributed by atoms with E-state index in [-0.39, 0.29) is 22.1 Å². The molecule has 5 N–H and O–H groups in total. The van der Waals surface area contributed by atoms with Gasteiger partial charge in [0.1, 0.15) is 38.9 Å². The number of nitrogens with one attached hydrogen (secondary N) is 1. The van der Waals surface area contributed by atoms with Gasteiger partial charge in [0.15, 0.2) is 0 Å². The van der Waals surface area contributed by atoms with E-state index in [0.29, 0.717) is 75.9 Å². The molecular formula is C79H89Cl9FN13O14. The van der Waals surface area contributed by atoms with Crippen molar-refractivity contribution in [3.05, 3.63) is 262 Å². The Morgan fingerprint density at radius 1 is 0.457 bits per heavy atom. The summed E-state index contributed by atoms with van der Waals surface area (Å²) in [7, 11) is 9.46. The molecule has 0 saturated heterocycles. The van der Waals surface area contributed by atoms with E-state index in [1.54, 1.807) is 149 Å². The maximum absolute atomic E-state index is 12.6. The summed E-state index contributed by atoms with van der Waals surface area (Å²) in [5.41, 5.74) is 15.9. The molecule has 624 valence electrons. The zero-order chi connectivity index (χ0) is 88.2. The Labute approximate surface area is 717 Å². The van der Waals surface area contributed by atoms with Crippen molar-refractivity contribution in [3.8, 4) is 11.1 Å². The van der Waals surface area contributed by atoms with Crippen LogP contribution in [0.25, 0.3) is 11.1 Å². The van der Waals surface area contributed by atoms with Gasteiger partial charge in [0.05, 0.1) is 59.0 Å². The number of ether oxygens (including phenoxy) is 4. The predicted octanol–water partition coefficient (Wildman–Crippen LogP) is 23.6. The molecule has 0 bridgehead atoms. The SMILES string of the molecule is CN.CN(C(=O)OC(C)(C)C)c1cc(Cl)cc2c1Cc1ncccc1-2.CN(C(=O)OC(C)(C)C)c1cc(Cl)ccc1Cc1ncccc1Cl.CN(C(=O)OC(C)(C)C)c1cc(Cl)ccc1N.CN(C(=O)OC(C)(C)C)c1cc(Cl)ccc1[N+](=O)[O-].CNc1cc(Cl)ccc1[N+](=O)[O-].Clc1cccnc1Cl.O=[N+]([O-])c1ccc(Cl)cc1F. The van der Waals surface area contributed by atoms with E-state index >= 15 is 0 Å². The highest BCUT2D eigenvalue weighted by Gasteiger charge is 2.31. The maximum atomic E-state index is 12.6. The fourth-order valence-electron chi connectivity index (χ4n) is 9.37. The Hall–Kier alpha value is -9.85. The number of nitrogens with zero attached hydrogens (tertiary/aromatic N) is 10. The molecule has 0 aliphatic heterocycles. The highest BCUT2D eigenvalue weighted by Crippen LogP contribution is 2.43. The maximum Gasteiger partial charge on any atom is 0.414 e. The van der Waals surface area contributed by atoms with Crippen molar-refractivity contribution in [2.24, 2.45) is 5.73 Å². The van der Waals surface area contributed by atoms with Gasteiger partial charge in [-0.05, 0) is 216 Å². The van der Waals surface area contributed by atoms with Crippen LogP contribution < -0.4 is 36.4 Å². The Morgan fingerprint density at radius 3 is 1.28 bits per heavy atom. The number of hydrogen-bond donors (Lipinski definition) is 3. The monoisotopic (exact) mass is 1780 g/mol. The van der Waals surface area contributed by atoms with Gasteiger partial charge in [0.2, 0.25) is 5.82 Å². The van der Waals surface area contributed by atoms with Crippen LogP contribution in [0.3, 0.4) is 0 Å². The molecule has 3 aromatic heterocycles. The number of amides is 4. The number of aromatic nitrogens is 3. The molecular weight excluding hydrogens is 1690 g/mol. The van der Waals surface area contributed by atoms with Crippen LogP contribution in [0.4, 0.5) is 74.8 Å². The van der Waals surface area contributed by atoms with Crippen LogP contribution >= 0.6 is 104 Å². The number of nitrogen functional groups attached to an aromatic ring is 1. The summed E-state index contributed by atoms with van der Waals surface area (Å²) >= 11 is 52.2. The average molecular weight is 1780 g/mol. The molecule has 6 aromatic carbocycles. The van der Waals surface area contributed by atoms with Gasteiger partial charge in [-0.25, -0.2) is 24.2 Å². The number of halogens is 10. The number of pyridine rings is 3. The first-order valence-corrected chi connectivity index (χ1v) is 37.8. The molecule has 37 heteroatoms. The highest BCUT2D eigenvalue weighted by molar-refractivity contribution is 6.41. The Kier molecular flexibility index (Phi) is 39.4. The predicted molar refractivity (Wildman–Crippen MR) is 464 cm³/mol. The third-order valence-electron chi connectivity index (χ3n) is 14.4. The molecule has 0 unspecified atom stereocenters. The molecule has 10 rings (SSSR count). The average Bonchev–Trinajstić information content (AvgIpc) is 1.61. The second-order valence-corrected chi connectivity index (χ2v) is 31.8. The van der Waals surface area contributed by atoms with Crippen LogP contribution in [0.15, 0.2) is 158 Å². The lowest BCUT2D eigenvalue weighted by molar-refractivity contribution is -0.387. The molecule has 1 aliphatic carbocycles. The van der Waals surface area contributed by atoms with Gasteiger partial charge in [-0.1, -0.05) is 117 Å². The zero-order valence-electron chi connectivity index (χ0n) is 66.5. The van der Waals surface area contributed by atoms with Crippen molar-refractivity contribution < 1.29 is 57.3 Å². The first-order valence-electron chi connectivity index (χ1n) is 34.4. The highest BCUT2D eigenvalue weighted by atomic mass is 35.5. The van der Waals surface area contributed by atoms with E-state index in [2.05, 4.69) is 26.0 Å². The van der Waals surface area contributed by atoms with E-state index in [1.807, 2.05) is 65.8 Å². The van der Waals surface area contributed by atoms with Gasteiger partial charge in [-0.15, -0.1) is 0 Å². The molecule has 0 radical (unpaired) electrons. The van der Waals surface area contributed by atoms with E-state index in [1.165, 1.54) is 71.3 Å². The van der Waals surface area contributed by atoms with Gasteiger partial charge in [0, 0.05) is 121 Å². The fraction of sp³-hybridized carbons (Fsp3) is 0.304. The summed E-state index contributed by atoms with van der Waals surface area (Å²) < 4.78 is 33.8. The summed E-state index contributed by atoms with van der Waals surface area (Å²) in [6, 6.07) is 36.5. The van der Waals surface area contributed by atoms with Gasteiger partial charge in [-0.2, -0.15) is 4.39 Å². The number of hydrogen-bond acceptors (Lipinski definition) is 20. The topological polar surface area (TPSA) is 350 Å². The quantitative estimate of drug-likeness (QED) is 0.0376. The minimum Gasteiger partial charge on any atom is -0.443 e. The van der Waals surface area contributed by atoms with E-state index in [9.17, 15) is 53.9 Å². The van der Waals surface area contributed by atoms with Crippen molar-refractivity contribution >= 4 is 180 Å². The number of carbonyl (C=O) groups is 4. The van der Waals surface area contributed by atoms with Crippen LogP contribution in [0.1, 0.15) is 106 Å². The summed E-state index contributed by atoms with van der Waals surface area (Å²) in [6.45, 7) is 21.6. The van der Waals surface area contributed by atoms with E-state index < -0.39 is 73.1 Å².